The SMILES string of the molecule is CCOC1CCN(c2cncc(CNC)n2)CC1. The molecule has 0 bridgehead atoms. The molecule has 0 radical (unpaired) electrons. The van der Waals surface area contributed by atoms with Crippen LogP contribution in [0.15, 0.2) is 12.4 Å². The van der Waals surface area contributed by atoms with Gasteiger partial charge >= 0.3 is 0 Å². The zero-order valence-electron chi connectivity index (χ0n) is 11.2. The zero-order chi connectivity index (χ0) is 12.8. The predicted molar refractivity (Wildman–Crippen MR) is 71.7 cm³/mol. The Hall–Kier alpha value is -1.20. The largest absolute Gasteiger partial charge is 0.378 e. The zero-order valence-corrected chi connectivity index (χ0v) is 11.2. The van der Waals surface area contributed by atoms with E-state index in [1.165, 1.54) is 0 Å². The van der Waals surface area contributed by atoms with Gasteiger partial charge in [-0.2, -0.15) is 0 Å². The molecule has 18 heavy (non-hydrogen) atoms. The van der Waals surface area contributed by atoms with E-state index in [1.54, 1.807) is 0 Å². The van der Waals surface area contributed by atoms with Crippen molar-refractivity contribution in [3.05, 3.63) is 18.1 Å². The molecule has 100 valence electrons. The molecular weight excluding hydrogens is 228 g/mol. The van der Waals surface area contributed by atoms with E-state index in [-0.39, 0.29) is 0 Å². The Bertz CT molecular complexity index is 364. The molecule has 1 N–H and O–H groups in total. The Morgan fingerprint density at radius 3 is 2.83 bits per heavy atom. The molecule has 1 aliphatic heterocycles. The number of nitrogens with zero attached hydrogens (tertiary/aromatic N) is 3. The van der Waals surface area contributed by atoms with E-state index < -0.39 is 0 Å². The van der Waals surface area contributed by atoms with E-state index in [9.17, 15) is 0 Å². The average molecular weight is 250 g/mol. The lowest BCUT2D eigenvalue weighted by Gasteiger charge is -2.32. The van der Waals surface area contributed by atoms with Crippen molar-refractivity contribution in [3.63, 3.8) is 0 Å². The van der Waals surface area contributed by atoms with Crippen LogP contribution in [0, 0.1) is 0 Å². The Balaban J connectivity index is 1.94. The Morgan fingerprint density at radius 2 is 2.17 bits per heavy atom. The topological polar surface area (TPSA) is 50.3 Å². The molecule has 0 spiro atoms. The number of nitrogens with one attached hydrogen (secondary N) is 1. The number of rotatable bonds is 5. The van der Waals surface area contributed by atoms with Crippen molar-refractivity contribution >= 4 is 5.82 Å². The van der Waals surface area contributed by atoms with Crippen LogP contribution in [-0.2, 0) is 11.3 Å². The highest BCUT2D eigenvalue weighted by molar-refractivity contribution is 5.36. The lowest BCUT2D eigenvalue weighted by molar-refractivity contribution is 0.0458. The summed E-state index contributed by atoms with van der Waals surface area (Å²) in [6.07, 6.45) is 6.23. The Labute approximate surface area is 109 Å². The van der Waals surface area contributed by atoms with Gasteiger partial charge in [0.2, 0.25) is 0 Å². The van der Waals surface area contributed by atoms with Gasteiger partial charge in [0.25, 0.3) is 0 Å². The third kappa shape index (κ3) is 3.40. The molecular formula is C13H22N4O. The number of anilines is 1. The molecule has 1 fully saturated rings. The monoisotopic (exact) mass is 250 g/mol. The predicted octanol–water partition coefficient (Wildman–Crippen LogP) is 1.20. The van der Waals surface area contributed by atoms with E-state index in [4.69, 9.17) is 4.74 Å². The first-order chi connectivity index (χ1) is 8.83. The molecule has 0 aliphatic carbocycles. The molecule has 1 aromatic heterocycles. The van der Waals surface area contributed by atoms with Crippen LogP contribution >= 0.6 is 0 Å². The van der Waals surface area contributed by atoms with Gasteiger partial charge < -0.3 is 15.0 Å². The third-order valence-electron chi connectivity index (χ3n) is 3.20. The lowest BCUT2D eigenvalue weighted by atomic mass is 10.1. The summed E-state index contributed by atoms with van der Waals surface area (Å²) in [5, 5.41) is 3.10. The van der Waals surface area contributed by atoms with Crippen molar-refractivity contribution in [3.8, 4) is 0 Å². The minimum Gasteiger partial charge on any atom is -0.378 e. The highest BCUT2D eigenvalue weighted by Gasteiger charge is 2.20. The first-order valence-electron chi connectivity index (χ1n) is 6.65. The fraction of sp³-hybridized carbons (Fsp3) is 0.692. The van der Waals surface area contributed by atoms with Gasteiger partial charge in [-0.1, -0.05) is 0 Å². The molecule has 1 saturated heterocycles. The summed E-state index contributed by atoms with van der Waals surface area (Å²) in [7, 11) is 1.92. The minimum atomic E-state index is 0.416. The van der Waals surface area contributed by atoms with Crippen LogP contribution in [0.1, 0.15) is 25.5 Å². The molecule has 0 amide bonds. The normalized spacial score (nSPS) is 17.1. The van der Waals surface area contributed by atoms with Crippen LogP contribution in [0.2, 0.25) is 0 Å². The fourth-order valence-corrected chi connectivity index (χ4v) is 2.30. The van der Waals surface area contributed by atoms with Gasteiger partial charge in [-0.15, -0.1) is 0 Å². The first-order valence-corrected chi connectivity index (χ1v) is 6.65. The highest BCUT2D eigenvalue weighted by Crippen LogP contribution is 2.19. The quantitative estimate of drug-likeness (QED) is 0.851. The van der Waals surface area contributed by atoms with Crippen molar-refractivity contribution in [1.29, 1.82) is 0 Å². The summed E-state index contributed by atoms with van der Waals surface area (Å²) in [6, 6.07) is 0. The van der Waals surface area contributed by atoms with Crippen LogP contribution in [0.3, 0.4) is 0 Å². The van der Waals surface area contributed by atoms with Gasteiger partial charge in [0.1, 0.15) is 5.82 Å². The molecule has 0 aromatic carbocycles. The second kappa shape index (κ2) is 6.66. The molecule has 5 nitrogen and oxygen atoms in total. The van der Waals surface area contributed by atoms with Crippen molar-refractivity contribution in [2.24, 2.45) is 0 Å². The number of aromatic nitrogens is 2. The van der Waals surface area contributed by atoms with Gasteiger partial charge in [0.05, 0.1) is 18.0 Å². The number of ether oxygens (including phenoxy) is 1. The van der Waals surface area contributed by atoms with E-state index in [2.05, 4.69) is 27.1 Å². The number of piperidine rings is 1. The maximum absolute atomic E-state index is 5.66. The first kappa shape index (κ1) is 13.2. The van der Waals surface area contributed by atoms with Crippen LogP contribution < -0.4 is 10.2 Å². The van der Waals surface area contributed by atoms with E-state index in [0.29, 0.717) is 6.10 Å². The maximum atomic E-state index is 5.66. The fourth-order valence-electron chi connectivity index (χ4n) is 2.30. The van der Waals surface area contributed by atoms with Gasteiger partial charge in [-0.05, 0) is 26.8 Å². The molecule has 2 heterocycles. The lowest BCUT2D eigenvalue weighted by Crippen LogP contribution is -2.37. The summed E-state index contributed by atoms with van der Waals surface area (Å²) >= 11 is 0. The number of hydrogen-bond acceptors (Lipinski definition) is 5. The van der Waals surface area contributed by atoms with Crippen LogP contribution in [0.25, 0.3) is 0 Å². The second-order valence-corrected chi connectivity index (χ2v) is 4.54. The van der Waals surface area contributed by atoms with Crippen LogP contribution in [-0.4, -0.2) is 42.8 Å². The molecule has 1 aliphatic rings. The number of hydrogen-bond donors (Lipinski definition) is 1. The molecule has 1 aromatic rings. The second-order valence-electron chi connectivity index (χ2n) is 4.54. The summed E-state index contributed by atoms with van der Waals surface area (Å²) in [5.41, 5.74) is 0.988. The maximum Gasteiger partial charge on any atom is 0.147 e. The van der Waals surface area contributed by atoms with Crippen molar-refractivity contribution in [1.82, 2.24) is 15.3 Å². The van der Waals surface area contributed by atoms with Gasteiger partial charge in [0.15, 0.2) is 0 Å². The minimum absolute atomic E-state index is 0.416. The summed E-state index contributed by atoms with van der Waals surface area (Å²) in [4.78, 5) is 11.2. The van der Waals surface area contributed by atoms with E-state index in [1.807, 2.05) is 19.4 Å². The van der Waals surface area contributed by atoms with Gasteiger partial charge in [-0.3, -0.25) is 4.98 Å². The van der Waals surface area contributed by atoms with Crippen molar-refractivity contribution < 1.29 is 4.74 Å². The van der Waals surface area contributed by atoms with E-state index >= 15 is 0 Å². The van der Waals surface area contributed by atoms with Crippen molar-refractivity contribution in [2.45, 2.75) is 32.4 Å². The Kier molecular flexibility index (Phi) is 4.90. The van der Waals surface area contributed by atoms with Crippen LogP contribution in [0.4, 0.5) is 5.82 Å². The molecule has 0 unspecified atom stereocenters. The summed E-state index contributed by atoms with van der Waals surface area (Å²) < 4.78 is 5.66. The van der Waals surface area contributed by atoms with Crippen molar-refractivity contribution in [2.75, 3.05) is 31.6 Å². The highest BCUT2D eigenvalue weighted by atomic mass is 16.5. The van der Waals surface area contributed by atoms with E-state index in [0.717, 1.165) is 50.6 Å². The summed E-state index contributed by atoms with van der Waals surface area (Å²) in [5.74, 6) is 0.984. The smallest absolute Gasteiger partial charge is 0.147 e. The standard InChI is InChI=1S/C13H22N4O/c1-3-18-12-4-6-17(7-5-12)13-10-15-9-11(16-13)8-14-2/h9-10,12,14H,3-8H2,1-2H3. The van der Waals surface area contributed by atoms with Crippen LogP contribution in [0.5, 0.6) is 0 Å². The molecule has 2 rings (SSSR count). The molecule has 5 heteroatoms. The third-order valence-corrected chi connectivity index (χ3v) is 3.20. The van der Waals surface area contributed by atoms with Gasteiger partial charge in [-0.25, -0.2) is 4.98 Å². The molecule has 0 saturated carbocycles. The Morgan fingerprint density at radius 1 is 1.39 bits per heavy atom. The summed E-state index contributed by atoms with van der Waals surface area (Å²) in [6.45, 7) is 5.63. The molecule has 0 atom stereocenters. The average Bonchev–Trinajstić information content (AvgIpc) is 2.41. The van der Waals surface area contributed by atoms with Gasteiger partial charge in [0, 0.05) is 32.4 Å².